The van der Waals surface area contributed by atoms with Gasteiger partial charge >= 0.3 is 0 Å². The van der Waals surface area contributed by atoms with E-state index in [2.05, 4.69) is 29.4 Å². The van der Waals surface area contributed by atoms with E-state index in [-0.39, 0.29) is 5.91 Å². The molecule has 0 radical (unpaired) electrons. The number of carbonyl (C=O) groups excluding carboxylic acids is 1. The number of rotatable bonds is 5. The van der Waals surface area contributed by atoms with Crippen molar-refractivity contribution in [2.45, 2.75) is 50.6 Å². The van der Waals surface area contributed by atoms with Gasteiger partial charge in [0.25, 0.3) is 0 Å². The molecule has 1 aliphatic carbocycles. The summed E-state index contributed by atoms with van der Waals surface area (Å²) in [5.74, 6) is 0.165. The summed E-state index contributed by atoms with van der Waals surface area (Å²) >= 11 is 0. The number of amides is 1. The molecule has 20 heavy (non-hydrogen) atoms. The summed E-state index contributed by atoms with van der Waals surface area (Å²) < 4.78 is 1.77. The predicted molar refractivity (Wildman–Crippen MR) is 79.4 cm³/mol. The molecule has 0 unspecified atom stereocenters. The average molecular weight is 278 g/mol. The molecule has 1 aromatic heterocycles. The van der Waals surface area contributed by atoms with Gasteiger partial charge in [-0.15, -0.1) is 0 Å². The molecule has 0 spiro atoms. The topological polar surface area (TPSA) is 50.2 Å². The van der Waals surface area contributed by atoms with Crippen LogP contribution in [0.25, 0.3) is 0 Å². The number of hydrogen-bond donors (Lipinski definition) is 1. The number of aryl methyl sites for hydroxylation is 2. The molecule has 1 aliphatic rings. The average Bonchev–Trinajstić information content (AvgIpc) is 2.82. The fraction of sp³-hybridized carbons (Fsp3) is 0.733. The first kappa shape index (κ1) is 15.0. The molecule has 5 heteroatoms. The maximum atomic E-state index is 12.0. The summed E-state index contributed by atoms with van der Waals surface area (Å²) in [7, 11) is 6.14. The maximum Gasteiger partial charge on any atom is 0.220 e. The van der Waals surface area contributed by atoms with Gasteiger partial charge in [-0.05, 0) is 51.8 Å². The van der Waals surface area contributed by atoms with Crippen LogP contribution in [0.15, 0.2) is 12.4 Å². The highest BCUT2D eigenvalue weighted by atomic mass is 16.1. The largest absolute Gasteiger partial charge is 0.353 e. The highest BCUT2D eigenvalue weighted by molar-refractivity contribution is 5.76. The number of carbonyl (C=O) groups is 1. The van der Waals surface area contributed by atoms with Gasteiger partial charge in [0.15, 0.2) is 0 Å². The molecule has 2 rings (SSSR count). The summed E-state index contributed by atoms with van der Waals surface area (Å²) in [5.41, 5.74) is 1.12. The van der Waals surface area contributed by atoms with Crippen LogP contribution in [0.4, 0.5) is 0 Å². The zero-order valence-electron chi connectivity index (χ0n) is 12.8. The maximum absolute atomic E-state index is 12.0. The van der Waals surface area contributed by atoms with E-state index < -0.39 is 0 Å². The van der Waals surface area contributed by atoms with E-state index in [1.54, 1.807) is 4.68 Å². The van der Waals surface area contributed by atoms with Gasteiger partial charge in [-0.2, -0.15) is 5.10 Å². The van der Waals surface area contributed by atoms with Gasteiger partial charge in [0.1, 0.15) is 0 Å². The van der Waals surface area contributed by atoms with Crippen LogP contribution in [-0.4, -0.2) is 46.8 Å². The molecule has 1 heterocycles. The van der Waals surface area contributed by atoms with Crippen molar-refractivity contribution in [1.29, 1.82) is 0 Å². The van der Waals surface area contributed by atoms with Crippen LogP contribution in [0.3, 0.4) is 0 Å². The van der Waals surface area contributed by atoms with Crippen molar-refractivity contribution >= 4 is 5.91 Å². The Morgan fingerprint density at radius 3 is 2.95 bits per heavy atom. The van der Waals surface area contributed by atoms with E-state index in [1.807, 2.05) is 19.4 Å². The third kappa shape index (κ3) is 4.34. The van der Waals surface area contributed by atoms with Gasteiger partial charge in [-0.1, -0.05) is 0 Å². The Bertz CT molecular complexity index is 441. The van der Waals surface area contributed by atoms with Crippen molar-refractivity contribution in [3.05, 3.63) is 18.0 Å². The second-order valence-corrected chi connectivity index (χ2v) is 6.07. The van der Waals surface area contributed by atoms with Gasteiger partial charge in [-0.3, -0.25) is 9.48 Å². The van der Waals surface area contributed by atoms with Crippen molar-refractivity contribution in [3.8, 4) is 0 Å². The van der Waals surface area contributed by atoms with Crippen LogP contribution in [0.2, 0.25) is 0 Å². The van der Waals surface area contributed by atoms with Gasteiger partial charge in [-0.25, -0.2) is 0 Å². The molecule has 1 amide bonds. The minimum atomic E-state index is 0.165. The van der Waals surface area contributed by atoms with E-state index in [4.69, 9.17) is 0 Å². The molecule has 1 saturated carbocycles. The summed E-state index contributed by atoms with van der Waals surface area (Å²) in [5, 5.41) is 7.31. The first-order valence-electron chi connectivity index (χ1n) is 7.48. The molecular formula is C15H26N4O. The van der Waals surface area contributed by atoms with Crippen molar-refractivity contribution in [2.24, 2.45) is 7.05 Å². The Labute approximate surface area is 121 Å². The zero-order valence-corrected chi connectivity index (χ0v) is 12.8. The summed E-state index contributed by atoms with van der Waals surface area (Å²) in [6.45, 7) is 0. The monoisotopic (exact) mass is 278 g/mol. The smallest absolute Gasteiger partial charge is 0.220 e. The van der Waals surface area contributed by atoms with Gasteiger partial charge < -0.3 is 10.2 Å². The van der Waals surface area contributed by atoms with Crippen molar-refractivity contribution in [2.75, 3.05) is 14.1 Å². The Balaban J connectivity index is 1.73. The van der Waals surface area contributed by atoms with Gasteiger partial charge in [0, 0.05) is 31.7 Å². The van der Waals surface area contributed by atoms with E-state index in [0.717, 1.165) is 24.8 Å². The lowest BCUT2D eigenvalue weighted by molar-refractivity contribution is -0.122. The molecule has 1 N–H and O–H groups in total. The summed E-state index contributed by atoms with van der Waals surface area (Å²) in [4.78, 5) is 14.3. The van der Waals surface area contributed by atoms with Gasteiger partial charge in [0.2, 0.25) is 5.91 Å². The van der Waals surface area contributed by atoms with E-state index in [0.29, 0.717) is 18.5 Å². The molecular weight excluding hydrogens is 252 g/mol. The Morgan fingerprint density at radius 2 is 2.30 bits per heavy atom. The number of aromatic nitrogens is 2. The fourth-order valence-corrected chi connectivity index (χ4v) is 2.92. The van der Waals surface area contributed by atoms with Crippen molar-refractivity contribution in [1.82, 2.24) is 20.0 Å². The molecule has 112 valence electrons. The van der Waals surface area contributed by atoms with Crippen LogP contribution < -0.4 is 5.32 Å². The predicted octanol–water partition coefficient (Wildman–Crippen LogP) is 1.34. The molecule has 0 bridgehead atoms. The first-order chi connectivity index (χ1) is 9.54. The second kappa shape index (κ2) is 6.88. The third-order valence-corrected chi connectivity index (χ3v) is 4.14. The van der Waals surface area contributed by atoms with Crippen molar-refractivity contribution in [3.63, 3.8) is 0 Å². The number of hydrogen-bond acceptors (Lipinski definition) is 3. The summed E-state index contributed by atoms with van der Waals surface area (Å²) in [6, 6.07) is 0.949. The normalized spacial score (nSPS) is 23.0. The summed E-state index contributed by atoms with van der Waals surface area (Å²) in [6.07, 6.45) is 9.75. The minimum Gasteiger partial charge on any atom is -0.353 e. The SMILES string of the molecule is CN(C)[C@@H]1CCC[C@H](NC(=O)CCc2cnn(C)c2)C1. The molecule has 2 atom stereocenters. The Morgan fingerprint density at radius 1 is 1.50 bits per heavy atom. The highest BCUT2D eigenvalue weighted by Crippen LogP contribution is 2.21. The molecule has 5 nitrogen and oxygen atoms in total. The molecule has 1 aromatic rings. The van der Waals surface area contributed by atoms with Crippen LogP contribution in [0, 0.1) is 0 Å². The van der Waals surface area contributed by atoms with Gasteiger partial charge in [0.05, 0.1) is 6.20 Å². The van der Waals surface area contributed by atoms with Crippen LogP contribution in [-0.2, 0) is 18.3 Å². The van der Waals surface area contributed by atoms with Crippen LogP contribution in [0.1, 0.15) is 37.7 Å². The first-order valence-corrected chi connectivity index (χ1v) is 7.48. The molecule has 0 aliphatic heterocycles. The molecule has 0 aromatic carbocycles. The van der Waals surface area contributed by atoms with Crippen molar-refractivity contribution < 1.29 is 4.79 Å². The molecule has 0 saturated heterocycles. The number of nitrogens with zero attached hydrogens (tertiary/aromatic N) is 3. The van der Waals surface area contributed by atoms with Crippen LogP contribution >= 0.6 is 0 Å². The third-order valence-electron chi connectivity index (χ3n) is 4.14. The lowest BCUT2D eigenvalue weighted by atomic mass is 9.90. The van der Waals surface area contributed by atoms with E-state index in [9.17, 15) is 4.79 Å². The Kier molecular flexibility index (Phi) is 5.17. The van der Waals surface area contributed by atoms with E-state index in [1.165, 1.54) is 12.8 Å². The number of nitrogens with one attached hydrogen (secondary N) is 1. The quantitative estimate of drug-likeness (QED) is 0.884. The van der Waals surface area contributed by atoms with E-state index >= 15 is 0 Å². The fourth-order valence-electron chi connectivity index (χ4n) is 2.92. The standard InChI is InChI=1S/C15H26N4O/c1-18(2)14-6-4-5-13(9-14)17-15(20)8-7-12-10-16-19(3)11-12/h10-11,13-14H,4-9H2,1-3H3,(H,17,20)/t13-,14+/m0/s1. The van der Waals surface area contributed by atoms with Crippen LogP contribution in [0.5, 0.6) is 0 Å². The molecule has 1 fully saturated rings. The lowest BCUT2D eigenvalue weighted by Gasteiger charge is -2.33. The minimum absolute atomic E-state index is 0.165. The second-order valence-electron chi connectivity index (χ2n) is 6.07. The highest BCUT2D eigenvalue weighted by Gasteiger charge is 2.24. The lowest BCUT2D eigenvalue weighted by Crippen LogP contribution is -2.43. The Hall–Kier alpha value is -1.36. The zero-order chi connectivity index (χ0) is 14.5.